The number of benzene rings is 2. The van der Waals surface area contributed by atoms with E-state index in [-0.39, 0.29) is 11.9 Å². The van der Waals surface area contributed by atoms with E-state index in [4.69, 9.17) is 22.1 Å². The van der Waals surface area contributed by atoms with Gasteiger partial charge in [0.1, 0.15) is 17.3 Å². The lowest BCUT2D eigenvalue weighted by molar-refractivity contribution is 0.476. The van der Waals surface area contributed by atoms with Crippen LogP contribution in [0.3, 0.4) is 0 Å². The van der Waals surface area contributed by atoms with Gasteiger partial charge in [-0.1, -0.05) is 33.6 Å². The van der Waals surface area contributed by atoms with Crippen molar-refractivity contribution in [3.05, 3.63) is 57.3 Å². The van der Waals surface area contributed by atoms with E-state index in [1.807, 2.05) is 13.0 Å². The monoisotopic (exact) mass is 343 g/mol. The Morgan fingerprint density at radius 3 is 2.58 bits per heavy atom. The van der Waals surface area contributed by atoms with Crippen molar-refractivity contribution in [1.29, 1.82) is 0 Å². The van der Waals surface area contributed by atoms with Crippen molar-refractivity contribution in [3.8, 4) is 11.5 Å². The highest BCUT2D eigenvalue weighted by molar-refractivity contribution is 9.10. The molecule has 0 bridgehead atoms. The number of hydrogen-bond acceptors (Lipinski definition) is 2. The largest absolute Gasteiger partial charge is 0.456 e. The van der Waals surface area contributed by atoms with E-state index < -0.39 is 0 Å². The Balaban J connectivity index is 2.28. The van der Waals surface area contributed by atoms with Crippen molar-refractivity contribution >= 4 is 27.5 Å². The zero-order valence-corrected chi connectivity index (χ0v) is 12.5. The molecule has 2 aromatic rings. The molecule has 2 rings (SSSR count). The summed E-state index contributed by atoms with van der Waals surface area (Å²) in [6.45, 7) is 1.87. The van der Waals surface area contributed by atoms with Gasteiger partial charge in [-0.15, -0.1) is 0 Å². The summed E-state index contributed by atoms with van der Waals surface area (Å²) in [4.78, 5) is 0. The molecule has 0 aliphatic rings. The highest BCUT2D eigenvalue weighted by atomic mass is 79.9. The lowest BCUT2D eigenvalue weighted by Gasteiger charge is -2.11. The summed E-state index contributed by atoms with van der Waals surface area (Å²) < 4.78 is 19.4. The third-order valence-corrected chi connectivity index (χ3v) is 3.30. The molecule has 0 radical (unpaired) electrons. The molecule has 0 saturated heterocycles. The predicted octanol–water partition coefficient (Wildman–Crippen LogP) is 5.05. The van der Waals surface area contributed by atoms with Crippen LogP contribution in [0, 0.1) is 5.82 Å². The molecule has 19 heavy (non-hydrogen) atoms. The summed E-state index contributed by atoms with van der Waals surface area (Å²) in [5.41, 5.74) is 6.68. The van der Waals surface area contributed by atoms with E-state index in [1.54, 1.807) is 18.2 Å². The molecule has 100 valence electrons. The zero-order chi connectivity index (χ0) is 14.0. The van der Waals surface area contributed by atoms with Crippen molar-refractivity contribution in [2.24, 2.45) is 5.73 Å². The molecule has 0 aromatic heterocycles. The molecule has 0 fully saturated rings. The van der Waals surface area contributed by atoms with Gasteiger partial charge in [0.2, 0.25) is 0 Å². The van der Waals surface area contributed by atoms with Gasteiger partial charge in [-0.3, -0.25) is 0 Å². The van der Waals surface area contributed by atoms with E-state index in [1.165, 1.54) is 12.1 Å². The lowest BCUT2D eigenvalue weighted by Crippen LogP contribution is -2.04. The molecule has 0 saturated carbocycles. The number of halogens is 3. The second-order valence-corrected chi connectivity index (χ2v) is 5.51. The molecule has 2 nitrogen and oxygen atoms in total. The first kappa shape index (κ1) is 14.3. The second kappa shape index (κ2) is 5.90. The Kier molecular flexibility index (Phi) is 4.45. The summed E-state index contributed by atoms with van der Waals surface area (Å²) in [6, 6.07) is 9.51. The molecule has 1 unspecified atom stereocenters. The SMILES string of the molecule is CC(N)c1ccc(Oc2cc(F)cc(Br)c2)c(Cl)c1. The van der Waals surface area contributed by atoms with Crippen LogP contribution in [0.25, 0.3) is 0 Å². The lowest BCUT2D eigenvalue weighted by atomic mass is 10.1. The van der Waals surface area contributed by atoms with Crippen LogP contribution >= 0.6 is 27.5 Å². The number of rotatable bonds is 3. The second-order valence-electron chi connectivity index (χ2n) is 4.19. The van der Waals surface area contributed by atoms with Crippen molar-refractivity contribution < 1.29 is 9.13 Å². The molecule has 1 atom stereocenters. The Hall–Kier alpha value is -1.10. The van der Waals surface area contributed by atoms with Gasteiger partial charge in [0.15, 0.2) is 0 Å². The molecule has 0 aliphatic carbocycles. The fraction of sp³-hybridized carbons (Fsp3) is 0.143. The number of hydrogen-bond donors (Lipinski definition) is 1. The van der Waals surface area contributed by atoms with E-state index in [2.05, 4.69) is 15.9 Å². The van der Waals surface area contributed by atoms with Crippen LogP contribution < -0.4 is 10.5 Å². The molecule has 0 spiro atoms. The smallest absolute Gasteiger partial charge is 0.146 e. The van der Waals surface area contributed by atoms with Crippen LogP contribution in [0.5, 0.6) is 11.5 Å². The Labute approximate surface area is 124 Å². The Bertz CT molecular complexity index is 584. The van der Waals surface area contributed by atoms with Crippen molar-refractivity contribution in [1.82, 2.24) is 0 Å². The molecular weight excluding hydrogens is 333 g/mol. The molecule has 2 aromatic carbocycles. The topological polar surface area (TPSA) is 35.2 Å². The average Bonchev–Trinajstić information content (AvgIpc) is 2.30. The molecule has 5 heteroatoms. The van der Waals surface area contributed by atoms with E-state index in [0.717, 1.165) is 5.56 Å². The maximum absolute atomic E-state index is 13.2. The van der Waals surface area contributed by atoms with Crippen LogP contribution in [-0.2, 0) is 0 Å². The maximum atomic E-state index is 13.2. The van der Waals surface area contributed by atoms with Gasteiger partial charge >= 0.3 is 0 Å². The normalized spacial score (nSPS) is 12.3. The first-order chi connectivity index (χ1) is 8.95. The first-order valence-corrected chi connectivity index (χ1v) is 6.82. The molecular formula is C14H12BrClFNO. The first-order valence-electron chi connectivity index (χ1n) is 5.64. The van der Waals surface area contributed by atoms with Crippen LogP contribution in [0.4, 0.5) is 4.39 Å². The van der Waals surface area contributed by atoms with E-state index in [0.29, 0.717) is 21.0 Å². The fourth-order valence-electron chi connectivity index (χ4n) is 1.60. The van der Waals surface area contributed by atoms with E-state index >= 15 is 0 Å². The third-order valence-electron chi connectivity index (χ3n) is 2.55. The quantitative estimate of drug-likeness (QED) is 0.845. The molecule has 0 amide bonds. The highest BCUT2D eigenvalue weighted by Gasteiger charge is 2.08. The van der Waals surface area contributed by atoms with E-state index in [9.17, 15) is 4.39 Å². The zero-order valence-electron chi connectivity index (χ0n) is 10.2. The average molecular weight is 345 g/mol. The van der Waals surface area contributed by atoms with Gasteiger partial charge in [0.05, 0.1) is 5.02 Å². The van der Waals surface area contributed by atoms with Gasteiger partial charge in [0.25, 0.3) is 0 Å². The molecule has 2 N–H and O–H groups in total. The summed E-state index contributed by atoms with van der Waals surface area (Å²) in [5, 5.41) is 0.440. The standard InChI is InChI=1S/C14H12BrClFNO/c1-8(18)9-2-3-14(13(16)4-9)19-12-6-10(15)5-11(17)7-12/h2-8H,18H2,1H3. The van der Waals surface area contributed by atoms with Crippen molar-refractivity contribution in [2.75, 3.05) is 0 Å². The molecule has 0 aliphatic heterocycles. The Morgan fingerprint density at radius 2 is 2.00 bits per heavy atom. The minimum Gasteiger partial charge on any atom is -0.456 e. The van der Waals surface area contributed by atoms with Crippen molar-refractivity contribution in [2.45, 2.75) is 13.0 Å². The summed E-state index contributed by atoms with van der Waals surface area (Å²) in [6.07, 6.45) is 0. The van der Waals surface area contributed by atoms with Gasteiger partial charge in [-0.05, 0) is 36.8 Å². The minimum atomic E-state index is -0.382. The summed E-state index contributed by atoms with van der Waals surface area (Å²) in [7, 11) is 0. The number of nitrogens with two attached hydrogens (primary N) is 1. The predicted molar refractivity (Wildman–Crippen MR) is 78.2 cm³/mol. The highest BCUT2D eigenvalue weighted by Crippen LogP contribution is 2.32. The maximum Gasteiger partial charge on any atom is 0.146 e. The third kappa shape index (κ3) is 3.69. The molecule has 0 heterocycles. The van der Waals surface area contributed by atoms with Gasteiger partial charge in [-0.2, -0.15) is 0 Å². The summed E-state index contributed by atoms with van der Waals surface area (Å²) >= 11 is 9.32. The van der Waals surface area contributed by atoms with Crippen LogP contribution in [0.2, 0.25) is 5.02 Å². The van der Waals surface area contributed by atoms with Gasteiger partial charge < -0.3 is 10.5 Å². The van der Waals surface area contributed by atoms with Gasteiger partial charge in [-0.25, -0.2) is 4.39 Å². The minimum absolute atomic E-state index is 0.102. The fourth-order valence-corrected chi connectivity index (χ4v) is 2.27. The van der Waals surface area contributed by atoms with Crippen LogP contribution in [0.15, 0.2) is 40.9 Å². The number of ether oxygens (including phenoxy) is 1. The summed E-state index contributed by atoms with van der Waals surface area (Å²) in [5.74, 6) is 0.457. The van der Waals surface area contributed by atoms with Crippen LogP contribution in [0.1, 0.15) is 18.5 Å². The van der Waals surface area contributed by atoms with Gasteiger partial charge in [0, 0.05) is 16.6 Å². The Morgan fingerprint density at radius 1 is 1.26 bits per heavy atom. The van der Waals surface area contributed by atoms with Crippen LogP contribution in [-0.4, -0.2) is 0 Å². The van der Waals surface area contributed by atoms with Crippen molar-refractivity contribution in [3.63, 3.8) is 0 Å².